The van der Waals surface area contributed by atoms with E-state index >= 15 is 0 Å². The predicted octanol–water partition coefficient (Wildman–Crippen LogP) is 0.526. The molecule has 0 fully saturated rings. The van der Waals surface area contributed by atoms with Gasteiger partial charge in [0.1, 0.15) is 3.81 Å². The number of amidine groups is 1. The molecule has 0 aromatic heterocycles. The van der Waals surface area contributed by atoms with Gasteiger partial charge in [-0.05, 0) is 15.9 Å². The first-order valence-electron chi connectivity index (χ1n) is 2.82. The Bertz CT molecular complexity index is 328. The normalized spacial score (nSPS) is 21.0. The number of nitrogens with zero attached hydrogens (tertiary/aromatic N) is 2. The van der Waals surface area contributed by atoms with Crippen molar-refractivity contribution in [3.63, 3.8) is 0 Å². The maximum Gasteiger partial charge on any atom is 0.247 e. The summed E-state index contributed by atoms with van der Waals surface area (Å²) in [5.41, 5.74) is 0. The maximum absolute atomic E-state index is 11.2. The summed E-state index contributed by atoms with van der Waals surface area (Å²) in [7, 11) is -0.0419. The molecule has 0 saturated carbocycles. The van der Waals surface area contributed by atoms with Gasteiger partial charge in [-0.2, -0.15) is 0 Å². The molecule has 0 saturated heterocycles. The second-order valence-corrected chi connectivity index (χ2v) is 5.43. The van der Waals surface area contributed by atoms with E-state index in [1.165, 1.54) is 11.1 Å². The van der Waals surface area contributed by atoms with Gasteiger partial charge in [-0.3, -0.25) is 0 Å². The van der Waals surface area contributed by atoms with Crippen molar-refractivity contribution in [2.24, 2.45) is 4.99 Å². The van der Waals surface area contributed by atoms with Gasteiger partial charge in [0.15, 0.2) is 0 Å². The highest BCUT2D eigenvalue weighted by molar-refractivity contribution is 9.14. The molecule has 1 aliphatic rings. The quantitative estimate of drug-likeness (QED) is 0.619. The van der Waals surface area contributed by atoms with Crippen LogP contribution in [0.4, 0.5) is 0 Å². The highest BCUT2D eigenvalue weighted by Gasteiger charge is 2.29. The summed E-state index contributed by atoms with van der Waals surface area (Å²) in [6.07, 6.45) is 1.28. The summed E-state index contributed by atoms with van der Waals surface area (Å²) < 4.78 is 22.6. The van der Waals surface area contributed by atoms with Crippen LogP contribution in [-0.2, 0) is 9.84 Å². The molecule has 0 atom stereocenters. The zero-order valence-electron chi connectivity index (χ0n) is 6.07. The third-order valence-electron chi connectivity index (χ3n) is 1.16. The maximum atomic E-state index is 11.2. The van der Waals surface area contributed by atoms with Crippen LogP contribution in [0.2, 0.25) is 0 Å². The van der Waals surface area contributed by atoms with E-state index in [0.29, 0.717) is 0 Å². The van der Waals surface area contributed by atoms with E-state index < -0.39 is 9.84 Å². The molecule has 6 heteroatoms. The van der Waals surface area contributed by atoms with Crippen LogP contribution >= 0.6 is 15.9 Å². The molecule has 0 bridgehead atoms. The molecule has 0 radical (unpaired) electrons. The Kier molecular flexibility index (Phi) is 2.06. The van der Waals surface area contributed by atoms with Gasteiger partial charge < -0.3 is 4.90 Å². The van der Waals surface area contributed by atoms with E-state index in [0.717, 1.165) is 0 Å². The smallest absolute Gasteiger partial charge is 0.247 e. The van der Waals surface area contributed by atoms with Gasteiger partial charge in [0.05, 0.1) is 6.20 Å². The molecule has 0 spiro atoms. The van der Waals surface area contributed by atoms with Crippen molar-refractivity contribution in [1.29, 1.82) is 0 Å². The van der Waals surface area contributed by atoms with Crippen LogP contribution in [0.3, 0.4) is 0 Å². The number of aliphatic imine (C=N–C) groups is 1. The molecule has 1 heterocycles. The molecule has 0 unspecified atom stereocenters. The summed E-state index contributed by atoms with van der Waals surface area (Å²) in [5, 5.41) is 0.0735. The fraction of sp³-hybridized carbons (Fsp3) is 0.400. The zero-order chi connectivity index (χ0) is 8.65. The SMILES string of the molecule is CN(C)C1=NC=C(Br)S1(=O)=O. The minimum absolute atomic E-state index is 0.0735. The number of rotatable bonds is 0. The third kappa shape index (κ3) is 1.32. The first-order chi connectivity index (χ1) is 4.96. The number of sulfone groups is 1. The zero-order valence-corrected chi connectivity index (χ0v) is 8.48. The monoisotopic (exact) mass is 238 g/mol. The Hall–Kier alpha value is -0.360. The first kappa shape index (κ1) is 8.73. The molecule has 1 aliphatic heterocycles. The summed E-state index contributed by atoms with van der Waals surface area (Å²) in [5.74, 6) is 0. The summed E-state index contributed by atoms with van der Waals surface area (Å²) in [6.45, 7) is 0. The Morgan fingerprint density at radius 3 is 2.27 bits per heavy atom. The molecule has 0 N–H and O–H groups in total. The lowest BCUT2D eigenvalue weighted by molar-refractivity contribution is 0.594. The Balaban J connectivity index is 3.13. The van der Waals surface area contributed by atoms with Gasteiger partial charge >= 0.3 is 0 Å². The predicted molar refractivity (Wildman–Crippen MR) is 47.1 cm³/mol. The second kappa shape index (κ2) is 2.60. The van der Waals surface area contributed by atoms with E-state index in [1.54, 1.807) is 14.1 Å². The molecule has 0 amide bonds. The van der Waals surface area contributed by atoms with Crippen LogP contribution in [0.5, 0.6) is 0 Å². The van der Waals surface area contributed by atoms with Gasteiger partial charge in [-0.25, -0.2) is 13.4 Å². The Labute approximate surface area is 73.7 Å². The van der Waals surface area contributed by atoms with E-state index in [4.69, 9.17) is 0 Å². The van der Waals surface area contributed by atoms with E-state index in [1.807, 2.05) is 0 Å². The standard InChI is InChI=1S/C5H7BrN2O2S/c1-8(2)5-7-3-4(6)11(5,9)10/h3H,1-2H3. The summed E-state index contributed by atoms with van der Waals surface area (Å²) in [6, 6.07) is 0. The average Bonchev–Trinajstić information content (AvgIpc) is 2.08. The van der Waals surface area contributed by atoms with Crippen LogP contribution < -0.4 is 0 Å². The van der Waals surface area contributed by atoms with Gasteiger partial charge in [-0.15, -0.1) is 0 Å². The largest absolute Gasteiger partial charge is 0.353 e. The molecular formula is C5H7BrN2O2S. The van der Waals surface area contributed by atoms with Crippen LogP contribution in [0, 0.1) is 0 Å². The molecule has 0 aromatic rings. The van der Waals surface area contributed by atoms with E-state index in [-0.39, 0.29) is 8.98 Å². The average molecular weight is 239 g/mol. The van der Waals surface area contributed by atoms with E-state index in [9.17, 15) is 8.42 Å². The van der Waals surface area contributed by atoms with Crippen LogP contribution in [0.25, 0.3) is 0 Å². The molecule has 62 valence electrons. The van der Waals surface area contributed by atoms with Crippen molar-refractivity contribution >= 4 is 30.9 Å². The highest BCUT2D eigenvalue weighted by atomic mass is 79.9. The van der Waals surface area contributed by atoms with Crippen molar-refractivity contribution in [2.45, 2.75) is 0 Å². The third-order valence-corrected chi connectivity index (χ3v) is 4.21. The van der Waals surface area contributed by atoms with Gasteiger partial charge in [0.2, 0.25) is 15.0 Å². The van der Waals surface area contributed by atoms with Crippen molar-refractivity contribution in [1.82, 2.24) is 4.90 Å². The molecule has 0 aromatic carbocycles. The van der Waals surface area contributed by atoms with Crippen LogP contribution in [0.15, 0.2) is 15.0 Å². The lowest BCUT2D eigenvalue weighted by atomic mass is 10.9. The number of halogens is 1. The first-order valence-corrected chi connectivity index (χ1v) is 5.10. The fourth-order valence-electron chi connectivity index (χ4n) is 0.688. The lowest BCUT2D eigenvalue weighted by Crippen LogP contribution is -2.27. The van der Waals surface area contributed by atoms with Crippen LogP contribution in [-0.4, -0.2) is 32.6 Å². The highest BCUT2D eigenvalue weighted by Crippen LogP contribution is 2.22. The van der Waals surface area contributed by atoms with Crippen molar-refractivity contribution in [3.05, 3.63) is 10.0 Å². The van der Waals surface area contributed by atoms with Crippen molar-refractivity contribution in [3.8, 4) is 0 Å². The van der Waals surface area contributed by atoms with E-state index in [2.05, 4.69) is 20.9 Å². The summed E-state index contributed by atoms with van der Waals surface area (Å²) >= 11 is 2.90. The molecular weight excluding hydrogens is 232 g/mol. The van der Waals surface area contributed by atoms with Gasteiger partial charge in [0.25, 0.3) is 0 Å². The number of hydrogen-bond donors (Lipinski definition) is 0. The Morgan fingerprint density at radius 1 is 1.55 bits per heavy atom. The topological polar surface area (TPSA) is 49.7 Å². The van der Waals surface area contributed by atoms with Crippen LogP contribution in [0.1, 0.15) is 0 Å². The fourth-order valence-corrected chi connectivity index (χ4v) is 2.26. The minimum Gasteiger partial charge on any atom is -0.353 e. The molecule has 11 heavy (non-hydrogen) atoms. The molecule has 1 rings (SSSR count). The van der Waals surface area contributed by atoms with Gasteiger partial charge in [-0.1, -0.05) is 0 Å². The minimum atomic E-state index is -3.31. The molecule has 4 nitrogen and oxygen atoms in total. The lowest BCUT2D eigenvalue weighted by Gasteiger charge is -2.10. The number of hydrogen-bond acceptors (Lipinski definition) is 4. The summed E-state index contributed by atoms with van der Waals surface area (Å²) in [4.78, 5) is 5.17. The second-order valence-electron chi connectivity index (χ2n) is 2.24. The van der Waals surface area contributed by atoms with Crippen molar-refractivity contribution in [2.75, 3.05) is 14.1 Å². The molecule has 0 aliphatic carbocycles. The Morgan fingerprint density at radius 2 is 2.09 bits per heavy atom. The van der Waals surface area contributed by atoms with Crippen molar-refractivity contribution < 1.29 is 8.42 Å². The van der Waals surface area contributed by atoms with Gasteiger partial charge in [0, 0.05) is 14.1 Å².